The average Bonchev–Trinajstić information content (AvgIpc) is 2.48. The van der Waals surface area contributed by atoms with Gasteiger partial charge < -0.3 is 9.47 Å². The number of rotatable bonds is 4. The van der Waals surface area contributed by atoms with Crippen LogP contribution >= 0.6 is 0 Å². The fourth-order valence-electron chi connectivity index (χ4n) is 1.59. The molecule has 0 aliphatic carbocycles. The Morgan fingerprint density at radius 1 is 1.15 bits per heavy atom. The Hall–Kier alpha value is -2.89. The smallest absolute Gasteiger partial charge is 0.343 e. The number of methoxy groups -OCH3 is 1. The highest BCUT2D eigenvalue weighted by Crippen LogP contribution is 2.31. The highest BCUT2D eigenvalue weighted by Gasteiger charge is 2.19. The van der Waals surface area contributed by atoms with Gasteiger partial charge in [-0.2, -0.15) is 0 Å². The lowest BCUT2D eigenvalue weighted by Gasteiger charge is -2.06. The van der Waals surface area contributed by atoms with Crippen LogP contribution in [-0.2, 0) is 0 Å². The number of carbonyl (C=O) groups excluding carboxylic acids is 1. The topological polar surface area (TPSA) is 78.7 Å². The highest BCUT2D eigenvalue weighted by atomic mass is 16.6. The monoisotopic (exact) mass is 273 g/mol. The molecule has 2 aromatic rings. The standard InChI is InChI=1S/C14H11NO5/c1-19-11-7-8-13(12(9-11)15(17)18)20-14(16)10-5-3-2-4-6-10/h2-9H,1H3. The van der Waals surface area contributed by atoms with Crippen LogP contribution in [0.5, 0.6) is 11.5 Å². The Bertz CT molecular complexity index is 639. The molecule has 0 aliphatic heterocycles. The molecule has 6 heteroatoms. The predicted octanol–water partition coefficient (Wildman–Crippen LogP) is 2.82. The lowest BCUT2D eigenvalue weighted by Crippen LogP contribution is -2.09. The zero-order valence-electron chi connectivity index (χ0n) is 10.6. The normalized spacial score (nSPS) is 9.85. The Balaban J connectivity index is 2.29. The van der Waals surface area contributed by atoms with E-state index in [0.29, 0.717) is 11.3 Å². The van der Waals surface area contributed by atoms with Gasteiger partial charge in [0.15, 0.2) is 0 Å². The number of nitro groups is 1. The van der Waals surface area contributed by atoms with E-state index in [1.165, 1.54) is 25.3 Å². The first-order valence-corrected chi connectivity index (χ1v) is 5.71. The summed E-state index contributed by atoms with van der Waals surface area (Å²) in [6.45, 7) is 0. The number of hydrogen-bond acceptors (Lipinski definition) is 5. The molecule has 6 nitrogen and oxygen atoms in total. The zero-order chi connectivity index (χ0) is 14.5. The average molecular weight is 273 g/mol. The lowest BCUT2D eigenvalue weighted by atomic mass is 10.2. The summed E-state index contributed by atoms with van der Waals surface area (Å²) in [5.74, 6) is -0.459. The Morgan fingerprint density at radius 3 is 2.45 bits per heavy atom. The van der Waals surface area contributed by atoms with Crippen molar-refractivity contribution in [2.24, 2.45) is 0 Å². The van der Waals surface area contributed by atoms with E-state index in [-0.39, 0.29) is 11.4 Å². The van der Waals surface area contributed by atoms with Gasteiger partial charge in [0.2, 0.25) is 5.75 Å². The quantitative estimate of drug-likeness (QED) is 0.370. The van der Waals surface area contributed by atoms with E-state index in [0.717, 1.165) is 0 Å². The van der Waals surface area contributed by atoms with Gasteiger partial charge in [-0.1, -0.05) is 18.2 Å². The molecule has 0 amide bonds. The summed E-state index contributed by atoms with van der Waals surface area (Å²) in [5, 5.41) is 11.0. The molecule has 0 bridgehead atoms. The maximum Gasteiger partial charge on any atom is 0.343 e. The van der Waals surface area contributed by atoms with E-state index >= 15 is 0 Å². The molecular formula is C14H11NO5. The Labute approximate surface area is 114 Å². The van der Waals surface area contributed by atoms with Crippen LogP contribution in [0.15, 0.2) is 48.5 Å². The number of hydrogen-bond donors (Lipinski definition) is 0. The molecule has 0 atom stereocenters. The van der Waals surface area contributed by atoms with Crippen molar-refractivity contribution >= 4 is 11.7 Å². The summed E-state index contributed by atoms with van der Waals surface area (Å²) >= 11 is 0. The van der Waals surface area contributed by atoms with E-state index in [2.05, 4.69) is 0 Å². The van der Waals surface area contributed by atoms with E-state index in [1.807, 2.05) is 0 Å². The molecule has 0 unspecified atom stereocenters. The fraction of sp³-hybridized carbons (Fsp3) is 0.0714. The van der Waals surface area contributed by atoms with Crippen molar-refractivity contribution in [1.29, 1.82) is 0 Å². The van der Waals surface area contributed by atoms with Gasteiger partial charge in [0.1, 0.15) is 5.75 Å². The van der Waals surface area contributed by atoms with Crippen LogP contribution in [0, 0.1) is 10.1 Å². The third-order valence-electron chi connectivity index (χ3n) is 2.57. The lowest BCUT2D eigenvalue weighted by molar-refractivity contribution is -0.385. The fourth-order valence-corrected chi connectivity index (χ4v) is 1.59. The van der Waals surface area contributed by atoms with Gasteiger partial charge >= 0.3 is 11.7 Å². The molecule has 20 heavy (non-hydrogen) atoms. The maximum atomic E-state index is 11.9. The van der Waals surface area contributed by atoms with Crippen molar-refractivity contribution in [2.45, 2.75) is 0 Å². The molecular weight excluding hydrogens is 262 g/mol. The number of esters is 1. The molecule has 102 valence electrons. The van der Waals surface area contributed by atoms with Gasteiger partial charge in [-0.15, -0.1) is 0 Å². The Morgan fingerprint density at radius 2 is 1.85 bits per heavy atom. The molecule has 0 spiro atoms. The predicted molar refractivity (Wildman–Crippen MR) is 71.0 cm³/mol. The van der Waals surface area contributed by atoms with Gasteiger partial charge in [0.05, 0.1) is 23.7 Å². The molecule has 0 saturated heterocycles. The first-order chi connectivity index (χ1) is 9.61. The highest BCUT2D eigenvalue weighted by molar-refractivity contribution is 5.91. The second-order valence-corrected chi connectivity index (χ2v) is 3.85. The largest absolute Gasteiger partial charge is 0.496 e. The number of carbonyl (C=O) groups is 1. The third-order valence-corrected chi connectivity index (χ3v) is 2.57. The minimum absolute atomic E-state index is 0.121. The van der Waals surface area contributed by atoms with Gasteiger partial charge in [0, 0.05) is 0 Å². The van der Waals surface area contributed by atoms with Crippen molar-refractivity contribution in [3.63, 3.8) is 0 Å². The molecule has 0 N–H and O–H groups in total. The zero-order valence-corrected chi connectivity index (χ0v) is 10.6. The second kappa shape index (κ2) is 5.83. The summed E-state index contributed by atoms with van der Waals surface area (Å²) in [6, 6.07) is 12.3. The van der Waals surface area contributed by atoms with Crippen molar-refractivity contribution in [2.75, 3.05) is 7.11 Å². The second-order valence-electron chi connectivity index (χ2n) is 3.85. The molecule has 0 fully saturated rings. The van der Waals surface area contributed by atoms with Crippen molar-refractivity contribution < 1.29 is 19.2 Å². The molecule has 0 saturated carbocycles. The minimum atomic E-state index is -0.654. The summed E-state index contributed by atoms with van der Waals surface area (Å²) in [6.07, 6.45) is 0. The van der Waals surface area contributed by atoms with Crippen LogP contribution in [0.2, 0.25) is 0 Å². The molecule has 2 aromatic carbocycles. The van der Waals surface area contributed by atoms with Crippen molar-refractivity contribution in [3.8, 4) is 11.5 Å². The molecule has 0 radical (unpaired) electrons. The van der Waals surface area contributed by atoms with Gasteiger partial charge in [0.25, 0.3) is 0 Å². The van der Waals surface area contributed by atoms with Crippen LogP contribution in [-0.4, -0.2) is 18.0 Å². The van der Waals surface area contributed by atoms with Crippen LogP contribution in [0.3, 0.4) is 0 Å². The Kier molecular flexibility index (Phi) is 3.95. The van der Waals surface area contributed by atoms with E-state index in [9.17, 15) is 14.9 Å². The van der Waals surface area contributed by atoms with Crippen LogP contribution in [0.1, 0.15) is 10.4 Å². The summed E-state index contributed by atoms with van der Waals surface area (Å²) in [5.41, 5.74) is -0.00810. The van der Waals surface area contributed by atoms with Crippen LogP contribution in [0.25, 0.3) is 0 Å². The molecule has 2 rings (SSSR count). The number of nitrogens with zero attached hydrogens (tertiary/aromatic N) is 1. The van der Waals surface area contributed by atoms with Gasteiger partial charge in [-0.3, -0.25) is 10.1 Å². The molecule has 0 heterocycles. The third kappa shape index (κ3) is 2.92. The summed E-state index contributed by atoms with van der Waals surface area (Å²) in [4.78, 5) is 22.2. The first-order valence-electron chi connectivity index (χ1n) is 5.71. The van der Waals surface area contributed by atoms with Gasteiger partial charge in [-0.05, 0) is 24.3 Å². The molecule has 0 aliphatic rings. The van der Waals surface area contributed by atoms with Gasteiger partial charge in [-0.25, -0.2) is 4.79 Å². The number of benzene rings is 2. The van der Waals surface area contributed by atoms with E-state index in [1.54, 1.807) is 30.3 Å². The van der Waals surface area contributed by atoms with Crippen molar-refractivity contribution in [3.05, 3.63) is 64.2 Å². The van der Waals surface area contributed by atoms with E-state index < -0.39 is 10.9 Å². The van der Waals surface area contributed by atoms with Crippen molar-refractivity contribution in [1.82, 2.24) is 0 Å². The minimum Gasteiger partial charge on any atom is -0.496 e. The summed E-state index contributed by atoms with van der Waals surface area (Å²) in [7, 11) is 1.40. The summed E-state index contributed by atoms with van der Waals surface area (Å²) < 4.78 is 9.96. The maximum absolute atomic E-state index is 11.9. The van der Waals surface area contributed by atoms with E-state index in [4.69, 9.17) is 9.47 Å². The first kappa shape index (κ1) is 13.5. The number of nitro benzene ring substituents is 1. The van der Waals surface area contributed by atoms with Crippen LogP contribution < -0.4 is 9.47 Å². The number of ether oxygens (including phenoxy) is 2. The molecule has 0 aromatic heterocycles. The van der Waals surface area contributed by atoms with Crippen LogP contribution in [0.4, 0.5) is 5.69 Å². The SMILES string of the molecule is COc1ccc(OC(=O)c2ccccc2)c([N+](=O)[O-])c1.